The normalized spacial score (nSPS) is 12.3. The van der Waals surface area contributed by atoms with E-state index in [4.69, 9.17) is 16.0 Å². The van der Waals surface area contributed by atoms with E-state index in [1.165, 1.54) is 23.1 Å². The summed E-state index contributed by atoms with van der Waals surface area (Å²) in [6.07, 6.45) is 1.60. The molecule has 0 radical (unpaired) electrons. The van der Waals surface area contributed by atoms with Gasteiger partial charge in [0, 0.05) is 22.1 Å². The second-order valence-corrected chi connectivity index (χ2v) is 9.84. The fourth-order valence-corrected chi connectivity index (χ4v) is 4.68. The molecule has 7 nitrogen and oxygen atoms in total. The summed E-state index contributed by atoms with van der Waals surface area (Å²) >= 11 is 9.01. The van der Waals surface area contributed by atoms with Gasteiger partial charge in [-0.25, -0.2) is 4.98 Å². The van der Waals surface area contributed by atoms with E-state index >= 15 is 0 Å². The van der Waals surface area contributed by atoms with Crippen LogP contribution in [0.5, 0.6) is 0 Å². The Balaban J connectivity index is 1.54. The first kappa shape index (κ1) is 22.6. The van der Waals surface area contributed by atoms with Crippen molar-refractivity contribution in [3.05, 3.63) is 63.8 Å². The number of carbonyl (C=O) groups is 1. The molecule has 0 saturated heterocycles. The number of halogens is 1. The van der Waals surface area contributed by atoms with E-state index in [2.05, 4.69) is 34.3 Å². The quantitative estimate of drug-likeness (QED) is 0.321. The lowest BCUT2D eigenvalue weighted by Gasteiger charge is -2.16. The van der Waals surface area contributed by atoms with E-state index in [1.54, 1.807) is 11.6 Å². The van der Waals surface area contributed by atoms with E-state index in [0.29, 0.717) is 39.1 Å². The van der Waals surface area contributed by atoms with Crippen LogP contribution in [0.15, 0.2) is 57.6 Å². The Morgan fingerprint density at radius 2 is 2.00 bits per heavy atom. The van der Waals surface area contributed by atoms with Crippen molar-refractivity contribution in [1.82, 2.24) is 25.1 Å². The number of benzene rings is 1. The summed E-state index contributed by atoms with van der Waals surface area (Å²) in [5.74, 6) is 1.98. The maximum absolute atomic E-state index is 12.4. The lowest BCUT2D eigenvalue weighted by atomic mass is 10.1. The molecule has 1 atom stereocenters. The molecule has 1 unspecified atom stereocenters. The van der Waals surface area contributed by atoms with E-state index in [-0.39, 0.29) is 11.9 Å². The Morgan fingerprint density at radius 3 is 2.69 bits per heavy atom. The molecule has 166 valence electrons. The van der Waals surface area contributed by atoms with Gasteiger partial charge in [0.2, 0.25) is 5.82 Å². The van der Waals surface area contributed by atoms with Crippen LogP contribution in [-0.2, 0) is 5.75 Å². The van der Waals surface area contributed by atoms with Crippen LogP contribution in [-0.4, -0.2) is 31.7 Å². The minimum absolute atomic E-state index is 0.0833. The van der Waals surface area contributed by atoms with Crippen LogP contribution in [0.25, 0.3) is 17.3 Å². The zero-order valence-corrected chi connectivity index (χ0v) is 20.2. The molecule has 0 fully saturated rings. The summed E-state index contributed by atoms with van der Waals surface area (Å²) in [5.41, 5.74) is 1.31. The van der Waals surface area contributed by atoms with Gasteiger partial charge in [-0.2, -0.15) is 0 Å². The van der Waals surface area contributed by atoms with Crippen LogP contribution in [0, 0.1) is 5.92 Å². The Morgan fingerprint density at radius 1 is 1.22 bits per heavy atom. The van der Waals surface area contributed by atoms with Crippen LogP contribution >= 0.6 is 34.7 Å². The number of carbonyl (C=O) groups excluding carboxylic acids is 1. The molecule has 1 aromatic carbocycles. The summed E-state index contributed by atoms with van der Waals surface area (Å²) in [4.78, 5) is 16.9. The standard InChI is InChI=1S/C22H22ClN5O2S2/c1-13(2)14(3)24-21(29)17-11-31-19(25-17)12-32-22-27-26-20(18-5-4-10-30-18)28(22)16-8-6-15(23)7-9-16/h4-11,13-14H,12H2,1-3H3,(H,24,29). The maximum atomic E-state index is 12.4. The van der Waals surface area contributed by atoms with Gasteiger partial charge in [-0.1, -0.05) is 37.2 Å². The predicted octanol–water partition coefficient (Wildman–Crippen LogP) is 5.70. The Hall–Kier alpha value is -2.62. The predicted molar refractivity (Wildman–Crippen MR) is 128 cm³/mol. The molecule has 10 heteroatoms. The third kappa shape index (κ3) is 5.06. The molecule has 3 heterocycles. The van der Waals surface area contributed by atoms with Gasteiger partial charge in [0.1, 0.15) is 10.7 Å². The largest absolute Gasteiger partial charge is 0.461 e. The third-order valence-electron chi connectivity index (χ3n) is 4.93. The summed E-state index contributed by atoms with van der Waals surface area (Å²) in [6.45, 7) is 6.13. The zero-order chi connectivity index (χ0) is 22.7. The third-order valence-corrected chi connectivity index (χ3v) is 7.15. The van der Waals surface area contributed by atoms with Gasteiger partial charge >= 0.3 is 0 Å². The number of hydrogen-bond acceptors (Lipinski definition) is 7. The maximum Gasteiger partial charge on any atom is 0.270 e. The van der Waals surface area contributed by atoms with Crippen molar-refractivity contribution in [1.29, 1.82) is 0 Å². The molecule has 3 aromatic heterocycles. The van der Waals surface area contributed by atoms with E-state index in [0.717, 1.165) is 10.7 Å². The van der Waals surface area contributed by atoms with Crippen molar-refractivity contribution >= 4 is 40.6 Å². The van der Waals surface area contributed by atoms with E-state index < -0.39 is 0 Å². The highest BCUT2D eigenvalue weighted by Gasteiger charge is 2.20. The summed E-state index contributed by atoms with van der Waals surface area (Å²) in [7, 11) is 0. The van der Waals surface area contributed by atoms with Gasteiger partial charge in [-0.15, -0.1) is 21.5 Å². The van der Waals surface area contributed by atoms with Gasteiger partial charge < -0.3 is 9.73 Å². The highest BCUT2D eigenvalue weighted by atomic mass is 35.5. The number of hydrogen-bond donors (Lipinski definition) is 1. The SMILES string of the molecule is CC(C)C(C)NC(=O)c1csc(CSc2nnc(-c3ccco3)n2-c2ccc(Cl)cc2)n1. The minimum atomic E-state index is -0.150. The Labute approximate surface area is 199 Å². The van der Waals surface area contributed by atoms with Gasteiger partial charge in [-0.05, 0) is 49.2 Å². The first-order valence-corrected chi connectivity index (χ1v) is 12.3. The number of rotatable bonds is 8. The summed E-state index contributed by atoms with van der Waals surface area (Å²) < 4.78 is 7.47. The van der Waals surface area contributed by atoms with Crippen molar-refractivity contribution in [3.63, 3.8) is 0 Å². The average Bonchev–Trinajstić information content (AvgIpc) is 3.52. The van der Waals surface area contributed by atoms with Crippen LogP contribution in [0.1, 0.15) is 36.3 Å². The van der Waals surface area contributed by atoms with Crippen LogP contribution in [0.4, 0.5) is 0 Å². The molecule has 0 aliphatic heterocycles. The molecular weight excluding hydrogens is 466 g/mol. The van der Waals surface area contributed by atoms with Crippen molar-refractivity contribution < 1.29 is 9.21 Å². The van der Waals surface area contributed by atoms with Crippen molar-refractivity contribution in [2.24, 2.45) is 5.92 Å². The molecule has 0 saturated carbocycles. The second-order valence-electron chi connectivity index (χ2n) is 7.52. The average molecular weight is 488 g/mol. The van der Waals surface area contributed by atoms with Gasteiger partial charge in [0.25, 0.3) is 5.91 Å². The topological polar surface area (TPSA) is 85.8 Å². The first-order chi connectivity index (χ1) is 15.4. The fourth-order valence-electron chi connectivity index (χ4n) is 2.81. The highest BCUT2D eigenvalue weighted by Crippen LogP contribution is 2.31. The Kier molecular flexibility index (Phi) is 6.98. The number of nitrogens with one attached hydrogen (secondary N) is 1. The molecule has 0 aliphatic rings. The van der Waals surface area contributed by atoms with Crippen molar-refractivity contribution in [2.75, 3.05) is 0 Å². The molecule has 32 heavy (non-hydrogen) atoms. The monoisotopic (exact) mass is 487 g/mol. The molecular formula is C22H22ClN5O2S2. The number of thiazole rings is 1. The second kappa shape index (κ2) is 9.89. The van der Waals surface area contributed by atoms with Gasteiger partial charge in [0.15, 0.2) is 10.9 Å². The first-order valence-electron chi connectivity index (χ1n) is 10.1. The molecule has 1 amide bonds. The van der Waals surface area contributed by atoms with Gasteiger partial charge in [-0.3, -0.25) is 9.36 Å². The molecule has 1 N–H and O–H groups in total. The Bertz CT molecular complexity index is 1190. The lowest BCUT2D eigenvalue weighted by Crippen LogP contribution is -2.36. The molecule has 4 rings (SSSR count). The van der Waals surface area contributed by atoms with Crippen molar-refractivity contribution in [2.45, 2.75) is 37.7 Å². The number of furan rings is 1. The molecule has 0 aliphatic carbocycles. The minimum Gasteiger partial charge on any atom is -0.461 e. The molecule has 0 bridgehead atoms. The lowest BCUT2D eigenvalue weighted by molar-refractivity contribution is 0.0926. The highest BCUT2D eigenvalue weighted by molar-refractivity contribution is 7.98. The summed E-state index contributed by atoms with van der Waals surface area (Å²) in [5, 5.41) is 15.7. The fraction of sp³-hybridized carbons (Fsp3) is 0.273. The number of nitrogens with zero attached hydrogens (tertiary/aromatic N) is 4. The smallest absolute Gasteiger partial charge is 0.270 e. The van der Waals surface area contributed by atoms with Crippen LogP contribution in [0.2, 0.25) is 5.02 Å². The number of thioether (sulfide) groups is 1. The number of aromatic nitrogens is 4. The number of amides is 1. The van der Waals surface area contributed by atoms with Crippen LogP contribution in [0.3, 0.4) is 0 Å². The molecule has 4 aromatic rings. The molecule has 0 spiro atoms. The van der Waals surface area contributed by atoms with E-state index in [1.807, 2.05) is 47.9 Å². The summed E-state index contributed by atoms with van der Waals surface area (Å²) in [6, 6.07) is 11.2. The van der Waals surface area contributed by atoms with Gasteiger partial charge in [0.05, 0.1) is 12.0 Å². The van der Waals surface area contributed by atoms with E-state index in [9.17, 15) is 4.79 Å². The van der Waals surface area contributed by atoms with Crippen LogP contribution < -0.4 is 5.32 Å². The zero-order valence-electron chi connectivity index (χ0n) is 17.8. The van der Waals surface area contributed by atoms with Crippen molar-refractivity contribution in [3.8, 4) is 17.3 Å².